The van der Waals surface area contributed by atoms with Crippen LogP contribution in [-0.4, -0.2) is 22.0 Å². The number of halogens is 1. The molecule has 1 aromatic carbocycles. The van der Waals surface area contributed by atoms with Crippen LogP contribution in [0.4, 0.5) is 0 Å². The zero-order chi connectivity index (χ0) is 18.4. The first-order valence-electron chi connectivity index (χ1n) is 8.01. The molecule has 0 amide bonds. The number of amidine groups is 1. The van der Waals surface area contributed by atoms with Crippen molar-refractivity contribution < 1.29 is 0 Å². The van der Waals surface area contributed by atoms with Crippen molar-refractivity contribution in [2.24, 2.45) is 16.0 Å². The summed E-state index contributed by atoms with van der Waals surface area (Å²) in [5.74, 6) is 6.28. The van der Waals surface area contributed by atoms with Crippen LogP contribution in [0.1, 0.15) is 17.4 Å². The summed E-state index contributed by atoms with van der Waals surface area (Å²) in [5.41, 5.74) is 2.04. The molecule has 26 heavy (non-hydrogen) atoms. The molecule has 0 aliphatic heterocycles. The molecule has 5 nitrogen and oxygen atoms in total. The van der Waals surface area contributed by atoms with Crippen molar-refractivity contribution in [2.45, 2.75) is 13.3 Å². The van der Waals surface area contributed by atoms with E-state index in [9.17, 15) is 0 Å². The predicted molar refractivity (Wildman–Crippen MR) is 111 cm³/mol. The summed E-state index contributed by atoms with van der Waals surface area (Å²) in [6.45, 7) is 1.92. The van der Waals surface area contributed by atoms with E-state index in [4.69, 9.17) is 17.4 Å². The molecule has 3 rings (SSSR count). The number of rotatable bonds is 5. The fraction of sp³-hybridized carbons (Fsp3) is 0.105. The molecule has 0 radical (unpaired) electrons. The Labute approximate surface area is 161 Å². The standard InChI is InChI=1S/C19H18ClN5S/c1-2-10-25(23-13-16-6-8-18(20)26-16)19(24-21)12-14-5-7-17-15(11-14)4-3-9-22-17/h2-11,13H,12,21H2,1H3/b10-2-,23-13+,24-19-. The van der Waals surface area contributed by atoms with Crippen LogP contribution in [0.5, 0.6) is 0 Å². The minimum Gasteiger partial charge on any atom is -0.322 e. The third kappa shape index (κ3) is 4.47. The van der Waals surface area contributed by atoms with Gasteiger partial charge in [0, 0.05) is 29.1 Å². The number of fused-ring (bicyclic) bond motifs is 1. The van der Waals surface area contributed by atoms with Crippen molar-refractivity contribution in [1.82, 2.24) is 9.99 Å². The maximum Gasteiger partial charge on any atom is 0.153 e. The fourth-order valence-electron chi connectivity index (χ4n) is 2.45. The van der Waals surface area contributed by atoms with Crippen LogP contribution >= 0.6 is 22.9 Å². The third-order valence-corrected chi connectivity index (χ3v) is 4.80. The van der Waals surface area contributed by atoms with Gasteiger partial charge in [-0.15, -0.1) is 11.3 Å². The molecular formula is C19H18ClN5S. The van der Waals surface area contributed by atoms with Gasteiger partial charge >= 0.3 is 0 Å². The molecule has 7 heteroatoms. The van der Waals surface area contributed by atoms with E-state index in [1.807, 2.05) is 55.6 Å². The van der Waals surface area contributed by atoms with Crippen molar-refractivity contribution in [3.8, 4) is 0 Å². The maximum absolute atomic E-state index is 5.96. The highest BCUT2D eigenvalue weighted by atomic mass is 35.5. The number of hydrazone groups is 2. The first kappa shape index (κ1) is 18.1. The maximum atomic E-state index is 5.96. The summed E-state index contributed by atoms with van der Waals surface area (Å²) in [6.07, 6.45) is 7.78. The van der Waals surface area contributed by atoms with Gasteiger partial charge in [-0.1, -0.05) is 29.8 Å². The Morgan fingerprint density at radius 3 is 2.92 bits per heavy atom. The number of hydrogen-bond acceptors (Lipinski definition) is 5. The van der Waals surface area contributed by atoms with E-state index in [1.54, 1.807) is 17.4 Å². The average Bonchev–Trinajstić information content (AvgIpc) is 3.08. The topological polar surface area (TPSA) is 66.9 Å². The van der Waals surface area contributed by atoms with Crippen LogP contribution in [0, 0.1) is 0 Å². The highest BCUT2D eigenvalue weighted by Crippen LogP contribution is 2.20. The number of thiophene rings is 1. The van der Waals surface area contributed by atoms with Crippen molar-refractivity contribution in [3.05, 3.63) is 75.7 Å². The van der Waals surface area contributed by atoms with Crippen LogP contribution in [0.2, 0.25) is 4.34 Å². The number of benzene rings is 1. The Kier molecular flexibility index (Phi) is 5.99. The molecule has 2 heterocycles. The van der Waals surface area contributed by atoms with Gasteiger partial charge in [0.15, 0.2) is 5.84 Å². The molecule has 2 aromatic heterocycles. The monoisotopic (exact) mass is 383 g/mol. The van der Waals surface area contributed by atoms with Crippen molar-refractivity contribution in [2.75, 3.05) is 0 Å². The van der Waals surface area contributed by atoms with E-state index >= 15 is 0 Å². The van der Waals surface area contributed by atoms with Gasteiger partial charge in [0.25, 0.3) is 0 Å². The Morgan fingerprint density at radius 1 is 1.31 bits per heavy atom. The number of hydrogen-bond donors (Lipinski definition) is 1. The largest absolute Gasteiger partial charge is 0.322 e. The molecule has 132 valence electrons. The smallest absolute Gasteiger partial charge is 0.153 e. The molecule has 0 aliphatic carbocycles. The lowest BCUT2D eigenvalue weighted by molar-refractivity contribution is 0.589. The number of nitrogens with zero attached hydrogens (tertiary/aromatic N) is 4. The minimum absolute atomic E-state index is 0.550. The van der Waals surface area contributed by atoms with Gasteiger partial charge in [-0.25, -0.2) is 5.01 Å². The molecule has 0 bridgehead atoms. The Hall–Kier alpha value is -2.70. The third-order valence-electron chi connectivity index (χ3n) is 3.64. The summed E-state index contributed by atoms with van der Waals surface area (Å²) in [6, 6.07) is 13.8. The average molecular weight is 384 g/mol. The second-order valence-electron chi connectivity index (χ2n) is 5.47. The van der Waals surface area contributed by atoms with Crippen LogP contribution in [0.3, 0.4) is 0 Å². The lowest BCUT2D eigenvalue weighted by atomic mass is 10.1. The predicted octanol–water partition coefficient (Wildman–Crippen LogP) is 4.63. The minimum atomic E-state index is 0.550. The van der Waals surface area contributed by atoms with E-state index in [0.29, 0.717) is 12.3 Å². The van der Waals surface area contributed by atoms with Gasteiger partial charge in [-0.05, 0) is 42.8 Å². The normalized spacial score (nSPS) is 12.5. The lowest BCUT2D eigenvalue weighted by Gasteiger charge is -2.16. The summed E-state index contributed by atoms with van der Waals surface area (Å²) in [4.78, 5) is 5.30. The van der Waals surface area contributed by atoms with Gasteiger partial charge in [0.05, 0.1) is 16.1 Å². The van der Waals surface area contributed by atoms with Crippen molar-refractivity contribution in [1.29, 1.82) is 0 Å². The van der Waals surface area contributed by atoms with E-state index in [1.165, 1.54) is 11.3 Å². The summed E-state index contributed by atoms with van der Waals surface area (Å²) >= 11 is 7.42. The van der Waals surface area contributed by atoms with E-state index < -0.39 is 0 Å². The van der Waals surface area contributed by atoms with Gasteiger partial charge in [-0.3, -0.25) is 4.98 Å². The summed E-state index contributed by atoms with van der Waals surface area (Å²) in [7, 11) is 0. The quantitative estimate of drug-likeness (QED) is 0.302. The van der Waals surface area contributed by atoms with Crippen LogP contribution in [0.15, 0.2) is 71.1 Å². The second kappa shape index (κ2) is 8.60. The molecule has 2 N–H and O–H groups in total. The zero-order valence-corrected chi connectivity index (χ0v) is 15.8. The molecule has 0 saturated heterocycles. The van der Waals surface area contributed by atoms with Crippen LogP contribution in [-0.2, 0) is 6.42 Å². The first-order valence-corrected chi connectivity index (χ1v) is 9.21. The second-order valence-corrected chi connectivity index (χ2v) is 7.21. The molecular weight excluding hydrogens is 366 g/mol. The SMILES string of the molecule is C/C=C\N(/N=C/c1ccc(Cl)s1)/C(Cc1ccc2ncccc2c1)=N\N. The number of allylic oxidation sites excluding steroid dienone is 1. The molecule has 3 aromatic rings. The van der Waals surface area contributed by atoms with E-state index in [2.05, 4.69) is 21.3 Å². The van der Waals surface area contributed by atoms with Crippen LogP contribution in [0.25, 0.3) is 10.9 Å². The summed E-state index contributed by atoms with van der Waals surface area (Å²) < 4.78 is 0.724. The Morgan fingerprint density at radius 2 is 2.19 bits per heavy atom. The van der Waals surface area contributed by atoms with Crippen molar-refractivity contribution in [3.63, 3.8) is 0 Å². The fourth-order valence-corrected chi connectivity index (χ4v) is 3.38. The number of pyridine rings is 1. The summed E-state index contributed by atoms with van der Waals surface area (Å²) in [5, 5.41) is 11.2. The van der Waals surface area contributed by atoms with Crippen molar-refractivity contribution >= 4 is 45.9 Å². The molecule has 0 aliphatic rings. The lowest BCUT2D eigenvalue weighted by Crippen LogP contribution is -2.24. The highest BCUT2D eigenvalue weighted by molar-refractivity contribution is 7.17. The Bertz CT molecular complexity index is 977. The van der Waals surface area contributed by atoms with Gasteiger partial charge in [0.1, 0.15) is 0 Å². The van der Waals surface area contributed by atoms with E-state index in [-0.39, 0.29) is 0 Å². The Balaban J connectivity index is 1.82. The molecule has 0 spiro atoms. The zero-order valence-electron chi connectivity index (χ0n) is 14.2. The highest BCUT2D eigenvalue weighted by Gasteiger charge is 2.09. The number of aromatic nitrogens is 1. The molecule has 0 saturated carbocycles. The molecule has 0 atom stereocenters. The van der Waals surface area contributed by atoms with E-state index in [0.717, 1.165) is 25.7 Å². The van der Waals surface area contributed by atoms with Crippen LogP contribution < -0.4 is 5.84 Å². The number of nitrogens with two attached hydrogens (primary N) is 1. The van der Waals surface area contributed by atoms with Gasteiger partial charge in [0.2, 0.25) is 0 Å². The molecule has 0 unspecified atom stereocenters. The van der Waals surface area contributed by atoms with Gasteiger partial charge in [-0.2, -0.15) is 10.2 Å². The van der Waals surface area contributed by atoms with Gasteiger partial charge < -0.3 is 5.84 Å². The first-order chi connectivity index (χ1) is 12.7. The molecule has 0 fully saturated rings.